The van der Waals surface area contributed by atoms with E-state index in [4.69, 9.17) is 17.3 Å². The van der Waals surface area contributed by atoms with Gasteiger partial charge in [0.2, 0.25) is 0 Å². The molecule has 1 atom stereocenters. The van der Waals surface area contributed by atoms with Gasteiger partial charge in [0.15, 0.2) is 0 Å². The maximum atomic E-state index is 12.7. The van der Waals surface area contributed by atoms with Gasteiger partial charge in [-0.15, -0.1) is 12.4 Å². The summed E-state index contributed by atoms with van der Waals surface area (Å²) >= 11 is 6.20. The van der Waals surface area contributed by atoms with Crippen LogP contribution in [0, 0.1) is 5.92 Å². The van der Waals surface area contributed by atoms with Crippen LogP contribution in [0.5, 0.6) is 0 Å². The smallest absolute Gasteiger partial charge is 0.321 e. The highest BCUT2D eigenvalue weighted by molar-refractivity contribution is 6.34. The molecule has 1 saturated heterocycles. The number of amides is 3. The molecule has 6 nitrogen and oxygen atoms in total. The molecular weight excluding hydrogens is 363 g/mol. The van der Waals surface area contributed by atoms with Gasteiger partial charge in [-0.3, -0.25) is 9.69 Å². The topological polar surface area (TPSA) is 87.5 Å². The fraction of sp³-hybridized carbons (Fsp3) is 0.529. The molecule has 4 N–H and O–H groups in total. The van der Waals surface area contributed by atoms with Gasteiger partial charge in [0.05, 0.1) is 10.6 Å². The Balaban J connectivity index is 0.00000312. The van der Waals surface area contributed by atoms with E-state index in [2.05, 4.69) is 24.5 Å². The van der Waals surface area contributed by atoms with Crippen molar-refractivity contribution in [3.05, 3.63) is 28.8 Å². The van der Waals surface area contributed by atoms with Crippen molar-refractivity contribution in [2.75, 3.05) is 24.5 Å². The third-order valence-corrected chi connectivity index (χ3v) is 4.42. The summed E-state index contributed by atoms with van der Waals surface area (Å²) in [6.07, 6.45) is 0.765. The van der Waals surface area contributed by atoms with Crippen molar-refractivity contribution in [3.63, 3.8) is 0 Å². The highest BCUT2D eigenvalue weighted by atomic mass is 35.5. The van der Waals surface area contributed by atoms with Gasteiger partial charge < -0.3 is 16.4 Å². The van der Waals surface area contributed by atoms with E-state index in [1.54, 1.807) is 23.1 Å². The minimum absolute atomic E-state index is 0. The van der Waals surface area contributed by atoms with Crippen LogP contribution < -0.4 is 21.3 Å². The largest absolute Gasteiger partial charge is 0.346 e. The normalized spacial score (nSPS) is 16.2. The zero-order valence-electron chi connectivity index (χ0n) is 14.8. The number of hydrogen-bond donors (Lipinski definition) is 3. The first-order valence-corrected chi connectivity index (χ1v) is 8.51. The first kappa shape index (κ1) is 21.5. The Morgan fingerprint density at radius 3 is 2.68 bits per heavy atom. The van der Waals surface area contributed by atoms with Crippen LogP contribution in [0.4, 0.5) is 10.5 Å². The molecule has 1 aliphatic rings. The molecule has 0 saturated carbocycles. The van der Waals surface area contributed by atoms with Crippen LogP contribution in [0.3, 0.4) is 0 Å². The van der Waals surface area contributed by atoms with E-state index in [0.717, 1.165) is 6.42 Å². The summed E-state index contributed by atoms with van der Waals surface area (Å²) in [6.45, 7) is 7.58. The zero-order valence-corrected chi connectivity index (χ0v) is 16.3. The number of urea groups is 1. The number of nitrogens with one attached hydrogen (secondary N) is 2. The van der Waals surface area contributed by atoms with E-state index in [0.29, 0.717) is 41.8 Å². The molecule has 1 heterocycles. The predicted molar refractivity (Wildman–Crippen MR) is 104 cm³/mol. The van der Waals surface area contributed by atoms with Crippen molar-refractivity contribution < 1.29 is 9.59 Å². The van der Waals surface area contributed by atoms with Gasteiger partial charge in [-0.2, -0.15) is 0 Å². The Hall–Kier alpha value is -1.50. The van der Waals surface area contributed by atoms with Crippen LogP contribution >= 0.6 is 24.0 Å². The summed E-state index contributed by atoms with van der Waals surface area (Å²) < 4.78 is 0. The quantitative estimate of drug-likeness (QED) is 0.699. The molecule has 1 aromatic carbocycles. The van der Waals surface area contributed by atoms with Crippen LogP contribution in [-0.4, -0.2) is 37.1 Å². The van der Waals surface area contributed by atoms with Gasteiger partial charge in [0, 0.05) is 30.9 Å². The summed E-state index contributed by atoms with van der Waals surface area (Å²) in [4.78, 5) is 26.1. The third-order valence-electron chi connectivity index (χ3n) is 4.09. The molecule has 140 valence electrons. The summed E-state index contributed by atoms with van der Waals surface area (Å²) in [5.74, 6) is 0.115. The van der Waals surface area contributed by atoms with Gasteiger partial charge in [-0.25, -0.2) is 4.79 Å². The monoisotopic (exact) mass is 388 g/mol. The number of rotatable bonds is 6. The molecule has 1 aromatic rings. The molecule has 0 aliphatic carbocycles. The van der Waals surface area contributed by atoms with Crippen molar-refractivity contribution in [1.29, 1.82) is 0 Å². The van der Waals surface area contributed by atoms with Gasteiger partial charge in [-0.05, 0) is 37.5 Å². The van der Waals surface area contributed by atoms with E-state index < -0.39 is 5.54 Å². The van der Waals surface area contributed by atoms with E-state index in [1.165, 1.54) is 0 Å². The van der Waals surface area contributed by atoms with Crippen LogP contribution in [-0.2, 0) is 0 Å². The second kappa shape index (κ2) is 8.74. The number of carbonyl (C=O) groups excluding carboxylic acids is 2. The number of benzene rings is 1. The molecule has 0 bridgehead atoms. The molecule has 2 rings (SSSR count). The molecule has 1 aliphatic heterocycles. The van der Waals surface area contributed by atoms with Crippen molar-refractivity contribution in [3.8, 4) is 0 Å². The fourth-order valence-corrected chi connectivity index (χ4v) is 3.20. The van der Waals surface area contributed by atoms with E-state index in [1.807, 2.05) is 6.92 Å². The second-order valence-corrected chi connectivity index (χ2v) is 7.27. The Labute approximate surface area is 159 Å². The summed E-state index contributed by atoms with van der Waals surface area (Å²) in [5, 5.41) is 6.08. The SMILES string of the molecule is CC(C)CC(C)(CN)NC(=O)c1cc(N2CCNC2=O)ccc1Cl.Cl. The van der Waals surface area contributed by atoms with Gasteiger partial charge in [0.25, 0.3) is 5.91 Å². The molecule has 1 unspecified atom stereocenters. The third kappa shape index (κ3) is 5.23. The Morgan fingerprint density at radius 2 is 2.16 bits per heavy atom. The van der Waals surface area contributed by atoms with Crippen LogP contribution in [0.25, 0.3) is 0 Å². The molecule has 1 fully saturated rings. The maximum Gasteiger partial charge on any atom is 0.321 e. The molecule has 25 heavy (non-hydrogen) atoms. The fourth-order valence-electron chi connectivity index (χ4n) is 3.00. The molecule has 0 aromatic heterocycles. The van der Waals surface area contributed by atoms with Gasteiger partial charge in [-0.1, -0.05) is 25.4 Å². The van der Waals surface area contributed by atoms with Crippen molar-refractivity contribution in [1.82, 2.24) is 10.6 Å². The minimum Gasteiger partial charge on any atom is -0.346 e. The molecule has 0 spiro atoms. The summed E-state index contributed by atoms with van der Waals surface area (Å²) in [5.41, 5.74) is 6.35. The number of nitrogens with two attached hydrogens (primary N) is 1. The number of carbonyl (C=O) groups is 2. The number of nitrogens with zero attached hydrogens (tertiary/aromatic N) is 1. The molecule has 8 heteroatoms. The highest BCUT2D eigenvalue weighted by Crippen LogP contribution is 2.25. The average molecular weight is 389 g/mol. The molecular formula is C17H26Cl2N4O2. The van der Waals surface area contributed by atoms with Gasteiger partial charge in [0.1, 0.15) is 0 Å². The van der Waals surface area contributed by atoms with Crippen molar-refractivity contribution in [2.45, 2.75) is 32.7 Å². The van der Waals surface area contributed by atoms with Gasteiger partial charge >= 0.3 is 6.03 Å². The zero-order chi connectivity index (χ0) is 17.9. The van der Waals surface area contributed by atoms with E-state index in [-0.39, 0.29) is 24.3 Å². The lowest BCUT2D eigenvalue weighted by Gasteiger charge is -2.31. The Morgan fingerprint density at radius 1 is 1.48 bits per heavy atom. The number of halogens is 2. The average Bonchev–Trinajstić information content (AvgIpc) is 2.93. The summed E-state index contributed by atoms with van der Waals surface area (Å²) in [7, 11) is 0. The highest BCUT2D eigenvalue weighted by Gasteiger charge is 2.28. The number of anilines is 1. The van der Waals surface area contributed by atoms with Crippen LogP contribution in [0.2, 0.25) is 5.02 Å². The minimum atomic E-state index is -0.504. The van der Waals surface area contributed by atoms with E-state index in [9.17, 15) is 9.59 Å². The lowest BCUT2D eigenvalue weighted by atomic mass is 9.90. The van der Waals surface area contributed by atoms with Crippen molar-refractivity contribution >= 4 is 41.6 Å². The first-order chi connectivity index (χ1) is 11.3. The maximum absolute atomic E-state index is 12.7. The van der Waals surface area contributed by atoms with Crippen molar-refractivity contribution in [2.24, 2.45) is 11.7 Å². The molecule has 3 amide bonds. The van der Waals surface area contributed by atoms with E-state index >= 15 is 0 Å². The Bertz CT molecular complexity index is 639. The standard InChI is InChI=1S/C17H25ClN4O2.ClH/c1-11(2)9-17(3,10-19)21-15(23)13-8-12(4-5-14(13)18)22-7-6-20-16(22)24;/h4-5,8,11H,6-7,9-10,19H2,1-3H3,(H,20,24)(H,21,23);1H. The molecule has 0 radical (unpaired) electrons. The second-order valence-electron chi connectivity index (χ2n) is 6.86. The van der Waals surface area contributed by atoms with Crippen LogP contribution in [0.15, 0.2) is 18.2 Å². The predicted octanol–water partition coefficient (Wildman–Crippen LogP) is 2.78. The summed E-state index contributed by atoms with van der Waals surface area (Å²) in [6, 6.07) is 4.85. The lowest BCUT2D eigenvalue weighted by molar-refractivity contribution is 0.0898. The lowest BCUT2D eigenvalue weighted by Crippen LogP contribution is -2.52. The Kier molecular flexibility index (Phi) is 7.53. The van der Waals surface area contributed by atoms with Crippen LogP contribution in [0.1, 0.15) is 37.6 Å². The first-order valence-electron chi connectivity index (χ1n) is 8.13. The number of hydrogen-bond acceptors (Lipinski definition) is 3.